The molecule has 0 spiro atoms. The molecule has 1 aromatic carbocycles. The molecule has 0 unspecified atom stereocenters. The Balaban J connectivity index is 0.000000392. The van der Waals surface area contributed by atoms with E-state index in [0.29, 0.717) is 28.9 Å². The maximum Gasteiger partial charge on any atom is 0.380 e. The monoisotopic (exact) mass is 684 g/mol. The lowest BCUT2D eigenvalue weighted by Crippen LogP contribution is -2.45. The Morgan fingerprint density at radius 2 is 1.68 bits per heavy atom. The third-order valence-electron chi connectivity index (χ3n) is 10.8. The molecule has 6 atom stereocenters. The van der Waals surface area contributed by atoms with Gasteiger partial charge in [-0.25, -0.2) is 4.79 Å². The number of carboxylic acid groups (broad SMARTS) is 3. The van der Waals surface area contributed by atoms with Gasteiger partial charge in [-0.15, -0.1) is 0 Å². The lowest BCUT2D eigenvalue weighted by molar-refractivity contribution is -0.170. The minimum absolute atomic E-state index is 0.328. The van der Waals surface area contributed by atoms with Gasteiger partial charge in [0.05, 0.1) is 19.4 Å². The number of fused-ring (bicyclic) bond motifs is 5. The molecule has 3 aliphatic carbocycles. The van der Waals surface area contributed by atoms with Crippen molar-refractivity contribution >= 4 is 28.2 Å². The summed E-state index contributed by atoms with van der Waals surface area (Å²) in [6, 6.07) is 5.77. The number of aliphatic carboxylic acids is 3. The van der Waals surface area contributed by atoms with Crippen LogP contribution < -0.4 is 9.32 Å². The van der Waals surface area contributed by atoms with Crippen molar-refractivity contribution in [3.63, 3.8) is 0 Å². The van der Waals surface area contributed by atoms with E-state index >= 15 is 0 Å². The number of nitrogens with two attached hydrogens (primary N) is 1. The molecule has 1 aromatic rings. The molecule has 0 heterocycles. The lowest BCUT2D eigenvalue weighted by Gasteiger charge is -2.53. The molecule has 3 aliphatic rings. The van der Waals surface area contributed by atoms with Gasteiger partial charge in [0.2, 0.25) is 0 Å². The second-order valence-corrected chi connectivity index (χ2v) is 14.8. The predicted octanol–water partition coefficient (Wildman–Crippen LogP) is 3.49. The van der Waals surface area contributed by atoms with E-state index in [9.17, 15) is 22.8 Å². The van der Waals surface area contributed by atoms with Gasteiger partial charge in [0, 0.05) is 13.2 Å². The fourth-order valence-electron chi connectivity index (χ4n) is 8.50. The van der Waals surface area contributed by atoms with Crippen LogP contribution in [-0.2, 0) is 35.8 Å². The Labute approximate surface area is 277 Å². The van der Waals surface area contributed by atoms with E-state index in [1.54, 1.807) is 6.07 Å². The number of rotatable bonds is 15. The van der Waals surface area contributed by atoms with Crippen LogP contribution in [0, 0.1) is 29.1 Å². The van der Waals surface area contributed by atoms with Gasteiger partial charge in [0.25, 0.3) is 0 Å². The number of carbonyl (C=O) groups is 3. The summed E-state index contributed by atoms with van der Waals surface area (Å²) in [5.41, 5.74) is 0.300. The quantitative estimate of drug-likeness (QED) is 0.168. The summed E-state index contributed by atoms with van der Waals surface area (Å²) in [7, 11) is -4.00. The average molecular weight is 685 g/mol. The summed E-state index contributed by atoms with van der Waals surface area (Å²) >= 11 is 0. The maximum absolute atomic E-state index is 11.4. The van der Waals surface area contributed by atoms with E-state index in [2.05, 4.69) is 38.7 Å². The first kappa shape index (κ1) is 38.7. The number of hydrogen-bond acceptors (Lipinski definition) is 9. The molecular formula is C33H52N2O11S. The molecular weight excluding hydrogens is 632 g/mol. The number of ether oxygens (including phenoxy) is 1. The molecule has 0 aliphatic heterocycles. The highest BCUT2D eigenvalue weighted by Crippen LogP contribution is 2.64. The zero-order chi connectivity index (χ0) is 35.2. The van der Waals surface area contributed by atoms with Crippen LogP contribution in [0.15, 0.2) is 18.2 Å². The van der Waals surface area contributed by atoms with Crippen LogP contribution >= 0.6 is 0 Å². The van der Waals surface area contributed by atoms with Gasteiger partial charge in [-0.05, 0) is 110 Å². The van der Waals surface area contributed by atoms with Crippen LogP contribution in [0.2, 0.25) is 0 Å². The summed E-state index contributed by atoms with van der Waals surface area (Å²) in [6.07, 6.45) is 5.00. The fourth-order valence-corrected chi connectivity index (χ4v) is 8.87. The maximum atomic E-state index is 11.4. The summed E-state index contributed by atoms with van der Waals surface area (Å²) in [6.45, 7) is 14.3. The van der Waals surface area contributed by atoms with E-state index in [1.165, 1.54) is 43.2 Å². The Morgan fingerprint density at radius 1 is 1.04 bits per heavy atom. The van der Waals surface area contributed by atoms with E-state index < -0.39 is 46.7 Å². The number of carboxylic acids is 3. The highest BCUT2D eigenvalue weighted by Gasteiger charge is 2.55. The van der Waals surface area contributed by atoms with Crippen molar-refractivity contribution in [2.45, 2.75) is 90.6 Å². The van der Waals surface area contributed by atoms with Crippen LogP contribution in [0.1, 0.15) is 89.7 Å². The fraction of sp³-hybridized carbons (Fsp3) is 0.727. The van der Waals surface area contributed by atoms with Crippen molar-refractivity contribution in [2.75, 3.05) is 32.8 Å². The number of aliphatic hydroxyl groups is 1. The molecule has 266 valence electrons. The zero-order valence-electron chi connectivity index (χ0n) is 27.9. The normalized spacial score (nSPS) is 26.7. The highest BCUT2D eigenvalue weighted by atomic mass is 32.2. The van der Waals surface area contributed by atoms with Crippen molar-refractivity contribution in [3.05, 3.63) is 29.3 Å². The molecule has 0 bridgehead atoms. The third-order valence-corrected chi connectivity index (χ3v) is 11.2. The van der Waals surface area contributed by atoms with Gasteiger partial charge in [-0.3, -0.25) is 9.59 Å². The van der Waals surface area contributed by atoms with Gasteiger partial charge < -0.3 is 34.2 Å². The molecule has 4 rings (SSSR count). The largest absolute Gasteiger partial charge is 0.481 e. The third kappa shape index (κ3) is 9.88. The van der Waals surface area contributed by atoms with Crippen LogP contribution in [0.4, 0.5) is 0 Å². The number of hydrogen-bond donors (Lipinski definition) is 5. The standard InChI is InChI=1S/C27H44N2O4S.C6H8O7/c1-5-29(6-2)14-16-32-15-12-21-7-10-25-26-19(3)17-20-18-22(33-34(28,30)31)8-9-23(20)24(26)11-13-27(21,25)4;7-3(8)1-6(13,5(11)12)2-4(9)10/h8-9,18-19,21,24-26H,5-7,10-17H2,1-4H3,(H2,28,30,31);13H,1-2H2,(H,7,8)(H,9,10)(H,11,12)/t19-,21-,24-,25+,26-,27-;/m1./s1. The Hall–Kier alpha value is -2.78. The molecule has 2 saturated carbocycles. The van der Waals surface area contributed by atoms with E-state index in [1.807, 2.05) is 6.07 Å². The molecule has 14 heteroatoms. The van der Waals surface area contributed by atoms with Crippen molar-refractivity contribution in [1.29, 1.82) is 0 Å². The van der Waals surface area contributed by atoms with Crippen LogP contribution in [0.3, 0.4) is 0 Å². The van der Waals surface area contributed by atoms with Crippen molar-refractivity contribution in [1.82, 2.24) is 4.90 Å². The summed E-state index contributed by atoms with van der Waals surface area (Å²) in [4.78, 5) is 32.9. The molecule has 13 nitrogen and oxygen atoms in total. The van der Waals surface area contributed by atoms with E-state index in [4.69, 9.17) is 34.5 Å². The molecule has 6 N–H and O–H groups in total. The van der Waals surface area contributed by atoms with Crippen molar-refractivity contribution in [3.8, 4) is 5.75 Å². The smallest absolute Gasteiger partial charge is 0.380 e. The first-order valence-electron chi connectivity index (χ1n) is 16.5. The Morgan fingerprint density at radius 3 is 2.23 bits per heavy atom. The topological polar surface area (TPSA) is 214 Å². The first-order chi connectivity index (χ1) is 21.9. The minimum Gasteiger partial charge on any atom is -0.481 e. The van der Waals surface area contributed by atoms with Crippen LogP contribution in [0.5, 0.6) is 5.75 Å². The number of likely N-dealkylation sites (N-methyl/N-ethyl adjacent to an activating group) is 1. The second kappa shape index (κ2) is 16.1. The first-order valence-corrected chi connectivity index (χ1v) is 18.0. The van der Waals surface area contributed by atoms with Crippen molar-refractivity contribution in [2.24, 2.45) is 34.2 Å². The lowest BCUT2D eigenvalue weighted by atomic mass is 9.51. The van der Waals surface area contributed by atoms with Crippen molar-refractivity contribution < 1.29 is 52.1 Å². The van der Waals surface area contributed by atoms with Gasteiger partial charge in [-0.1, -0.05) is 33.8 Å². The number of nitrogens with zero attached hydrogens (tertiary/aromatic N) is 1. The van der Waals surface area contributed by atoms with Crippen LogP contribution in [0.25, 0.3) is 0 Å². The summed E-state index contributed by atoms with van der Waals surface area (Å²) in [5, 5.41) is 38.9. The molecule has 0 aromatic heterocycles. The van der Waals surface area contributed by atoms with Gasteiger partial charge >= 0.3 is 28.2 Å². The molecule has 2 fully saturated rings. The molecule has 0 amide bonds. The average Bonchev–Trinajstić information content (AvgIpc) is 3.29. The number of benzene rings is 1. The van der Waals surface area contributed by atoms with Gasteiger partial charge in [0.15, 0.2) is 5.60 Å². The predicted molar refractivity (Wildman–Crippen MR) is 173 cm³/mol. The Bertz CT molecular complexity index is 1350. The van der Waals surface area contributed by atoms with E-state index in [0.717, 1.165) is 51.1 Å². The SMILES string of the molecule is CCN(CC)CCOCC[C@H]1CC[C@H]2[C@@H]3[C@H](C)Cc4cc(OS(N)(=O)=O)ccc4[C@H]3CC[C@]12C.O=C(O)CC(O)(CC(=O)O)C(=O)O. The highest BCUT2D eigenvalue weighted by molar-refractivity contribution is 7.84. The minimum atomic E-state index is -4.00. The summed E-state index contributed by atoms with van der Waals surface area (Å²) in [5.74, 6) is -1.34. The Kier molecular flexibility index (Phi) is 13.2. The van der Waals surface area contributed by atoms with Crippen LogP contribution in [-0.4, -0.2) is 90.1 Å². The summed E-state index contributed by atoms with van der Waals surface area (Å²) < 4.78 is 33.8. The second-order valence-electron chi connectivity index (χ2n) is 13.6. The van der Waals surface area contributed by atoms with Gasteiger partial charge in [-0.2, -0.15) is 13.6 Å². The molecule has 0 saturated heterocycles. The molecule has 0 radical (unpaired) electrons. The zero-order valence-corrected chi connectivity index (χ0v) is 28.7. The molecule has 47 heavy (non-hydrogen) atoms. The van der Waals surface area contributed by atoms with E-state index in [-0.39, 0.29) is 0 Å². The van der Waals surface area contributed by atoms with Gasteiger partial charge in [0.1, 0.15) is 5.75 Å².